The van der Waals surface area contributed by atoms with Crippen molar-refractivity contribution in [3.05, 3.63) is 22.8 Å². The third-order valence-corrected chi connectivity index (χ3v) is 3.01. The molecule has 14 heavy (non-hydrogen) atoms. The lowest BCUT2D eigenvalue weighted by Crippen LogP contribution is -2.21. The van der Waals surface area contributed by atoms with E-state index in [1.54, 1.807) is 0 Å². The second kappa shape index (κ2) is 4.28. The SMILES string of the molecule is OC[C@H]1CCN(c2cccc(Br)n2)C1. The van der Waals surface area contributed by atoms with Crippen LogP contribution in [0.25, 0.3) is 0 Å². The van der Waals surface area contributed by atoms with Crippen LogP contribution in [0, 0.1) is 5.92 Å². The molecule has 0 spiro atoms. The molecule has 3 nitrogen and oxygen atoms in total. The largest absolute Gasteiger partial charge is 0.396 e. The van der Waals surface area contributed by atoms with Gasteiger partial charge in [-0.2, -0.15) is 0 Å². The van der Waals surface area contributed by atoms with Crippen molar-refractivity contribution in [2.75, 3.05) is 24.6 Å². The van der Waals surface area contributed by atoms with Gasteiger partial charge in [-0.1, -0.05) is 6.07 Å². The van der Waals surface area contributed by atoms with Crippen molar-refractivity contribution >= 4 is 21.7 Å². The molecule has 1 N–H and O–H groups in total. The van der Waals surface area contributed by atoms with E-state index < -0.39 is 0 Å². The first-order valence-electron chi connectivity index (χ1n) is 4.78. The summed E-state index contributed by atoms with van der Waals surface area (Å²) >= 11 is 3.35. The van der Waals surface area contributed by atoms with Crippen LogP contribution in [0.4, 0.5) is 5.82 Å². The maximum Gasteiger partial charge on any atom is 0.129 e. The van der Waals surface area contributed by atoms with Gasteiger partial charge in [-0.15, -0.1) is 0 Å². The quantitative estimate of drug-likeness (QED) is 0.818. The number of rotatable bonds is 2. The molecule has 0 bridgehead atoms. The molecular formula is C10H13BrN2O. The molecule has 0 radical (unpaired) electrons. The Morgan fingerprint density at radius 2 is 2.43 bits per heavy atom. The van der Waals surface area contributed by atoms with Gasteiger partial charge in [-0.3, -0.25) is 0 Å². The summed E-state index contributed by atoms with van der Waals surface area (Å²) in [6.45, 7) is 2.19. The Kier molecular flexibility index (Phi) is 3.03. The molecule has 76 valence electrons. The van der Waals surface area contributed by atoms with E-state index in [-0.39, 0.29) is 6.61 Å². The lowest BCUT2D eigenvalue weighted by Gasteiger charge is -2.16. The van der Waals surface area contributed by atoms with Crippen molar-refractivity contribution in [1.82, 2.24) is 4.98 Å². The van der Waals surface area contributed by atoms with E-state index in [4.69, 9.17) is 5.11 Å². The molecule has 1 aromatic rings. The molecule has 1 aromatic heterocycles. The van der Waals surface area contributed by atoms with Crippen LogP contribution in [0.3, 0.4) is 0 Å². The highest BCUT2D eigenvalue weighted by Crippen LogP contribution is 2.22. The summed E-state index contributed by atoms with van der Waals surface area (Å²) in [7, 11) is 0. The van der Waals surface area contributed by atoms with Crippen LogP contribution in [-0.2, 0) is 0 Å². The highest BCUT2D eigenvalue weighted by Gasteiger charge is 2.22. The predicted molar refractivity (Wildman–Crippen MR) is 59.3 cm³/mol. The van der Waals surface area contributed by atoms with Crippen LogP contribution >= 0.6 is 15.9 Å². The van der Waals surface area contributed by atoms with Gasteiger partial charge in [0.15, 0.2) is 0 Å². The molecule has 0 aliphatic carbocycles. The number of halogens is 1. The average molecular weight is 257 g/mol. The number of nitrogens with zero attached hydrogens (tertiary/aromatic N) is 2. The van der Waals surface area contributed by atoms with Crippen molar-refractivity contribution in [3.63, 3.8) is 0 Å². The first-order chi connectivity index (χ1) is 6.79. The van der Waals surface area contributed by atoms with Crippen LogP contribution in [0.1, 0.15) is 6.42 Å². The smallest absolute Gasteiger partial charge is 0.129 e. The minimum absolute atomic E-state index is 0.282. The molecular weight excluding hydrogens is 244 g/mol. The fourth-order valence-corrected chi connectivity index (χ4v) is 2.10. The van der Waals surface area contributed by atoms with Crippen LogP contribution in [0.5, 0.6) is 0 Å². The number of aromatic nitrogens is 1. The summed E-state index contributed by atoms with van der Waals surface area (Å²) < 4.78 is 0.863. The lowest BCUT2D eigenvalue weighted by atomic mass is 10.1. The standard InChI is InChI=1S/C10H13BrN2O/c11-9-2-1-3-10(12-9)13-5-4-8(6-13)7-14/h1-3,8,14H,4-7H2/t8-/m0/s1. The summed E-state index contributed by atoms with van der Waals surface area (Å²) in [5.74, 6) is 1.41. The third kappa shape index (κ3) is 2.07. The first kappa shape index (κ1) is 9.93. The van der Waals surface area contributed by atoms with Gasteiger partial charge < -0.3 is 10.0 Å². The maximum atomic E-state index is 9.03. The average Bonchev–Trinajstić information content (AvgIpc) is 2.66. The molecule has 2 rings (SSSR count). The lowest BCUT2D eigenvalue weighted by molar-refractivity contribution is 0.238. The van der Waals surface area contributed by atoms with Gasteiger partial charge in [0, 0.05) is 25.6 Å². The summed E-state index contributed by atoms with van der Waals surface area (Å²) in [6, 6.07) is 5.91. The fourth-order valence-electron chi connectivity index (χ4n) is 1.76. The Hall–Kier alpha value is -0.610. The number of aliphatic hydroxyl groups is 1. The number of hydrogen-bond donors (Lipinski definition) is 1. The zero-order chi connectivity index (χ0) is 9.97. The van der Waals surface area contributed by atoms with Crippen molar-refractivity contribution < 1.29 is 5.11 Å². The van der Waals surface area contributed by atoms with Gasteiger partial charge >= 0.3 is 0 Å². The van der Waals surface area contributed by atoms with E-state index >= 15 is 0 Å². The Morgan fingerprint density at radius 3 is 3.07 bits per heavy atom. The zero-order valence-corrected chi connectivity index (χ0v) is 9.44. The highest BCUT2D eigenvalue weighted by atomic mass is 79.9. The molecule has 1 aliphatic rings. The Labute approximate surface area is 91.9 Å². The van der Waals surface area contributed by atoms with Gasteiger partial charge in [0.2, 0.25) is 0 Å². The molecule has 0 saturated carbocycles. The number of hydrogen-bond acceptors (Lipinski definition) is 3. The molecule has 1 fully saturated rings. The number of aliphatic hydroxyl groups excluding tert-OH is 1. The number of anilines is 1. The monoisotopic (exact) mass is 256 g/mol. The predicted octanol–water partition coefficient (Wildman–Crippen LogP) is 1.66. The molecule has 0 amide bonds. The molecule has 0 aromatic carbocycles. The normalized spacial score (nSPS) is 21.6. The first-order valence-corrected chi connectivity index (χ1v) is 5.57. The second-order valence-electron chi connectivity index (χ2n) is 3.60. The van der Waals surface area contributed by atoms with E-state index in [1.807, 2.05) is 18.2 Å². The Balaban J connectivity index is 2.09. The van der Waals surface area contributed by atoms with Gasteiger partial charge in [0.25, 0.3) is 0 Å². The van der Waals surface area contributed by atoms with Gasteiger partial charge in [0.05, 0.1) is 0 Å². The van der Waals surface area contributed by atoms with E-state index in [9.17, 15) is 0 Å². The minimum atomic E-state index is 0.282. The van der Waals surface area contributed by atoms with Gasteiger partial charge in [-0.05, 0) is 34.5 Å². The summed E-state index contributed by atoms with van der Waals surface area (Å²) in [5, 5.41) is 9.03. The van der Waals surface area contributed by atoms with E-state index in [2.05, 4.69) is 25.8 Å². The molecule has 1 atom stereocenters. The Bertz CT molecular complexity index is 319. The summed E-state index contributed by atoms with van der Waals surface area (Å²) in [5.41, 5.74) is 0. The topological polar surface area (TPSA) is 36.4 Å². The van der Waals surface area contributed by atoms with Crippen LogP contribution in [-0.4, -0.2) is 29.8 Å². The zero-order valence-electron chi connectivity index (χ0n) is 7.86. The van der Waals surface area contributed by atoms with Crippen LogP contribution < -0.4 is 4.90 Å². The van der Waals surface area contributed by atoms with E-state index in [0.717, 1.165) is 29.9 Å². The third-order valence-electron chi connectivity index (χ3n) is 2.57. The van der Waals surface area contributed by atoms with Crippen LogP contribution in [0.15, 0.2) is 22.8 Å². The highest BCUT2D eigenvalue weighted by molar-refractivity contribution is 9.10. The number of pyridine rings is 1. The van der Waals surface area contributed by atoms with Gasteiger partial charge in [-0.25, -0.2) is 4.98 Å². The van der Waals surface area contributed by atoms with Crippen molar-refractivity contribution in [2.24, 2.45) is 5.92 Å². The van der Waals surface area contributed by atoms with Gasteiger partial charge in [0.1, 0.15) is 10.4 Å². The fraction of sp³-hybridized carbons (Fsp3) is 0.500. The van der Waals surface area contributed by atoms with Crippen molar-refractivity contribution in [1.29, 1.82) is 0 Å². The summed E-state index contributed by atoms with van der Waals surface area (Å²) in [4.78, 5) is 6.60. The minimum Gasteiger partial charge on any atom is -0.396 e. The summed E-state index contributed by atoms with van der Waals surface area (Å²) in [6.07, 6.45) is 1.06. The molecule has 4 heteroatoms. The van der Waals surface area contributed by atoms with E-state index in [0.29, 0.717) is 5.92 Å². The van der Waals surface area contributed by atoms with Crippen molar-refractivity contribution in [2.45, 2.75) is 6.42 Å². The van der Waals surface area contributed by atoms with Crippen LogP contribution in [0.2, 0.25) is 0 Å². The maximum absolute atomic E-state index is 9.03. The van der Waals surface area contributed by atoms with E-state index in [1.165, 1.54) is 0 Å². The second-order valence-corrected chi connectivity index (χ2v) is 4.41. The Morgan fingerprint density at radius 1 is 1.57 bits per heavy atom. The molecule has 1 saturated heterocycles. The molecule has 2 heterocycles. The molecule has 1 aliphatic heterocycles. The molecule has 0 unspecified atom stereocenters. The van der Waals surface area contributed by atoms with Crippen molar-refractivity contribution in [3.8, 4) is 0 Å².